The molecule has 0 saturated carbocycles. The maximum atomic E-state index is 9.84. The molecular formula is C10H12ClN3O2. The molecule has 0 aromatic heterocycles. The van der Waals surface area contributed by atoms with Gasteiger partial charge in [-0.15, -0.1) is 11.6 Å². The first-order valence-corrected chi connectivity index (χ1v) is 5.30. The van der Waals surface area contributed by atoms with Gasteiger partial charge >= 0.3 is 0 Å². The van der Waals surface area contributed by atoms with Crippen molar-refractivity contribution in [2.45, 2.75) is 18.6 Å². The lowest BCUT2D eigenvalue weighted by Crippen LogP contribution is -2.18. The number of aliphatic hydroxyl groups excluding tert-OH is 2. The topological polar surface area (TPSA) is 89.2 Å². The van der Waals surface area contributed by atoms with Gasteiger partial charge in [0, 0.05) is 16.5 Å². The largest absolute Gasteiger partial charge is 0.390 e. The molecule has 0 saturated heterocycles. The first-order valence-electron chi connectivity index (χ1n) is 4.76. The fraction of sp³-hybridized carbons (Fsp3) is 0.400. The third-order valence-electron chi connectivity index (χ3n) is 2.18. The third-order valence-corrected chi connectivity index (χ3v) is 2.40. The first-order chi connectivity index (χ1) is 7.70. The Morgan fingerprint density at radius 1 is 1.38 bits per heavy atom. The maximum Gasteiger partial charge on any atom is 0.105 e. The van der Waals surface area contributed by atoms with Crippen molar-refractivity contribution in [3.8, 4) is 0 Å². The van der Waals surface area contributed by atoms with Crippen LogP contribution in [0.4, 0.5) is 5.69 Å². The zero-order valence-electron chi connectivity index (χ0n) is 8.49. The van der Waals surface area contributed by atoms with Crippen LogP contribution in [0.25, 0.3) is 10.4 Å². The number of aliphatic hydroxyl groups is 2. The van der Waals surface area contributed by atoms with Crippen molar-refractivity contribution in [3.05, 3.63) is 40.3 Å². The van der Waals surface area contributed by atoms with E-state index in [-0.39, 0.29) is 12.3 Å². The van der Waals surface area contributed by atoms with Crippen LogP contribution in [-0.4, -0.2) is 22.2 Å². The zero-order chi connectivity index (χ0) is 12.0. The molecule has 0 aliphatic rings. The van der Waals surface area contributed by atoms with E-state index >= 15 is 0 Å². The number of hydrogen-bond donors (Lipinski definition) is 2. The van der Waals surface area contributed by atoms with Crippen LogP contribution in [0, 0.1) is 0 Å². The summed E-state index contributed by atoms with van der Waals surface area (Å²) in [6.45, 7) is 0. The fourth-order valence-electron chi connectivity index (χ4n) is 1.35. The van der Waals surface area contributed by atoms with E-state index in [1.54, 1.807) is 24.3 Å². The molecule has 2 atom stereocenters. The van der Waals surface area contributed by atoms with Crippen LogP contribution < -0.4 is 0 Å². The highest BCUT2D eigenvalue weighted by molar-refractivity contribution is 6.17. The van der Waals surface area contributed by atoms with Crippen LogP contribution >= 0.6 is 11.6 Å². The summed E-state index contributed by atoms with van der Waals surface area (Å²) in [6.07, 6.45) is -1.79. The average molecular weight is 242 g/mol. The Bertz CT molecular complexity index is 393. The van der Waals surface area contributed by atoms with Gasteiger partial charge in [0.2, 0.25) is 0 Å². The molecule has 0 aliphatic heterocycles. The second kappa shape index (κ2) is 6.35. The third kappa shape index (κ3) is 3.12. The number of nitrogens with zero attached hydrogens (tertiary/aromatic N) is 3. The molecule has 0 spiro atoms. The van der Waals surface area contributed by atoms with Gasteiger partial charge in [0.15, 0.2) is 0 Å². The van der Waals surface area contributed by atoms with Crippen LogP contribution in [0.1, 0.15) is 18.1 Å². The smallest absolute Gasteiger partial charge is 0.105 e. The van der Waals surface area contributed by atoms with Crippen LogP contribution in [0.5, 0.6) is 0 Å². The quantitative estimate of drug-likeness (QED) is 0.359. The van der Waals surface area contributed by atoms with Crippen LogP contribution in [0.3, 0.4) is 0 Å². The van der Waals surface area contributed by atoms with E-state index in [0.29, 0.717) is 11.3 Å². The molecule has 1 aromatic rings. The van der Waals surface area contributed by atoms with Gasteiger partial charge in [-0.2, -0.15) is 0 Å². The number of benzene rings is 1. The fourth-order valence-corrected chi connectivity index (χ4v) is 1.58. The Morgan fingerprint density at radius 2 is 2.06 bits per heavy atom. The summed E-state index contributed by atoms with van der Waals surface area (Å²) in [4.78, 5) is 2.66. The summed E-state index contributed by atoms with van der Waals surface area (Å²) in [5.74, 6) is 0.252. The van der Waals surface area contributed by atoms with E-state index in [1.165, 1.54) is 0 Å². The van der Waals surface area contributed by atoms with E-state index in [2.05, 4.69) is 10.0 Å². The van der Waals surface area contributed by atoms with Crippen molar-refractivity contribution < 1.29 is 10.2 Å². The summed E-state index contributed by atoms with van der Waals surface area (Å²) in [6, 6.07) is 6.56. The van der Waals surface area contributed by atoms with Crippen LogP contribution in [-0.2, 0) is 0 Å². The molecule has 0 radical (unpaired) electrons. The number of rotatable bonds is 5. The first kappa shape index (κ1) is 12.8. The highest BCUT2D eigenvalue weighted by Gasteiger charge is 2.19. The molecule has 6 heteroatoms. The minimum atomic E-state index is -1.10. The molecule has 2 N–H and O–H groups in total. The number of halogens is 1. The molecule has 0 fully saturated rings. The molecule has 86 valence electrons. The Morgan fingerprint density at radius 3 is 2.69 bits per heavy atom. The number of alkyl halides is 1. The van der Waals surface area contributed by atoms with Crippen molar-refractivity contribution in [1.82, 2.24) is 0 Å². The highest BCUT2D eigenvalue weighted by atomic mass is 35.5. The molecule has 5 nitrogen and oxygen atoms in total. The Kier molecular flexibility index (Phi) is 5.08. The van der Waals surface area contributed by atoms with Gasteiger partial charge in [-0.05, 0) is 17.5 Å². The molecule has 0 bridgehead atoms. The predicted octanol–water partition coefficient (Wildman–Crippen LogP) is 2.65. The van der Waals surface area contributed by atoms with Gasteiger partial charge in [-0.25, -0.2) is 0 Å². The number of hydrogen-bond acceptors (Lipinski definition) is 3. The lowest BCUT2D eigenvalue weighted by molar-refractivity contribution is 0.0173. The molecular weight excluding hydrogens is 230 g/mol. The maximum absolute atomic E-state index is 9.84. The van der Waals surface area contributed by atoms with Gasteiger partial charge in [-0.3, -0.25) is 0 Å². The van der Waals surface area contributed by atoms with Crippen LogP contribution in [0.15, 0.2) is 29.4 Å². The van der Waals surface area contributed by atoms with E-state index < -0.39 is 12.2 Å². The van der Waals surface area contributed by atoms with Gasteiger partial charge in [0.25, 0.3) is 0 Å². The van der Waals surface area contributed by atoms with Crippen molar-refractivity contribution in [2.24, 2.45) is 5.11 Å². The lowest BCUT2D eigenvalue weighted by Gasteiger charge is -2.18. The van der Waals surface area contributed by atoms with E-state index in [4.69, 9.17) is 17.1 Å². The van der Waals surface area contributed by atoms with Crippen molar-refractivity contribution in [3.63, 3.8) is 0 Å². The summed E-state index contributed by atoms with van der Waals surface area (Å²) < 4.78 is 0. The summed E-state index contributed by atoms with van der Waals surface area (Å²) >= 11 is 5.48. The second-order valence-electron chi connectivity index (χ2n) is 3.24. The normalized spacial score (nSPS) is 13.9. The Balaban J connectivity index is 2.97. The van der Waals surface area contributed by atoms with E-state index in [9.17, 15) is 10.2 Å². The van der Waals surface area contributed by atoms with Crippen LogP contribution in [0.2, 0.25) is 0 Å². The van der Waals surface area contributed by atoms with Gasteiger partial charge in [0.05, 0.1) is 6.10 Å². The standard InChI is InChI=1S/C10H12ClN3O2/c11-6-5-9(15)10(16)7-3-1-2-4-8(7)13-14-12/h1-4,9-10,15-16H,5-6H2. The molecule has 2 unspecified atom stereocenters. The second-order valence-corrected chi connectivity index (χ2v) is 3.62. The monoisotopic (exact) mass is 241 g/mol. The molecule has 16 heavy (non-hydrogen) atoms. The van der Waals surface area contributed by atoms with Gasteiger partial charge in [0.1, 0.15) is 6.10 Å². The Hall–Kier alpha value is -1.26. The summed E-state index contributed by atoms with van der Waals surface area (Å²) in [7, 11) is 0. The summed E-state index contributed by atoms with van der Waals surface area (Å²) in [5, 5.41) is 22.9. The minimum Gasteiger partial charge on any atom is -0.390 e. The Labute approximate surface area is 97.9 Å². The number of azide groups is 1. The highest BCUT2D eigenvalue weighted by Crippen LogP contribution is 2.28. The van der Waals surface area contributed by atoms with Gasteiger partial charge < -0.3 is 10.2 Å². The SMILES string of the molecule is [N-]=[N+]=Nc1ccccc1C(O)C(O)CCCl. The minimum absolute atomic E-state index is 0.252. The van der Waals surface area contributed by atoms with Crippen molar-refractivity contribution in [1.29, 1.82) is 0 Å². The molecule has 0 aliphatic carbocycles. The zero-order valence-corrected chi connectivity index (χ0v) is 9.25. The van der Waals surface area contributed by atoms with E-state index in [0.717, 1.165) is 0 Å². The molecule has 1 aromatic carbocycles. The average Bonchev–Trinajstić information content (AvgIpc) is 2.29. The summed E-state index contributed by atoms with van der Waals surface area (Å²) in [5.41, 5.74) is 9.07. The molecule has 0 heterocycles. The lowest BCUT2D eigenvalue weighted by atomic mass is 10.0. The van der Waals surface area contributed by atoms with Crippen molar-refractivity contribution in [2.75, 3.05) is 5.88 Å². The van der Waals surface area contributed by atoms with E-state index in [1.807, 2.05) is 0 Å². The predicted molar refractivity (Wildman–Crippen MR) is 61.6 cm³/mol. The van der Waals surface area contributed by atoms with Gasteiger partial charge in [-0.1, -0.05) is 29.4 Å². The molecule has 1 rings (SSSR count). The molecule has 0 amide bonds. The van der Waals surface area contributed by atoms with Crippen molar-refractivity contribution >= 4 is 17.3 Å².